The van der Waals surface area contributed by atoms with Crippen molar-refractivity contribution < 1.29 is 14.8 Å². The molecule has 1 N–H and O–H groups in total. The molecular formula is C6H3BrN2O4. The fourth-order valence-corrected chi connectivity index (χ4v) is 1.23. The summed E-state index contributed by atoms with van der Waals surface area (Å²) in [6, 6.07) is 1.33. The Morgan fingerprint density at radius 1 is 1.69 bits per heavy atom. The predicted octanol–water partition coefficient (Wildman–Crippen LogP) is 1.45. The third kappa shape index (κ3) is 1.81. The van der Waals surface area contributed by atoms with Gasteiger partial charge in [0.25, 0.3) is 0 Å². The molecule has 6 nitrogen and oxygen atoms in total. The van der Waals surface area contributed by atoms with Crippen LogP contribution < -0.4 is 0 Å². The molecule has 1 rings (SSSR count). The fourth-order valence-electron chi connectivity index (χ4n) is 0.764. The summed E-state index contributed by atoms with van der Waals surface area (Å²) < 4.78 is 0.140. The Bertz CT molecular complexity index is 379. The van der Waals surface area contributed by atoms with Gasteiger partial charge >= 0.3 is 11.8 Å². The molecule has 1 aromatic rings. The van der Waals surface area contributed by atoms with Crippen LogP contribution in [0.5, 0.6) is 0 Å². The van der Waals surface area contributed by atoms with Gasteiger partial charge in [0.15, 0.2) is 5.56 Å². The van der Waals surface area contributed by atoms with Crippen LogP contribution in [0.4, 0.5) is 5.82 Å². The van der Waals surface area contributed by atoms with Crippen LogP contribution in [0.2, 0.25) is 0 Å². The minimum absolute atomic E-state index is 0.140. The van der Waals surface area contributed by atoms with Gasteiger partial charge in [-0.2, -0.15) is 0 Å². The number of carboxylic acid groups (broad SMARTS) is 1. The van der Waals surface area contributed by atoms with Gasteiger partial charge in [-0.25, -0.2) is 4.79 Å². The average molecular weight is 247 g/mol. The van der Waals surface area contributed by atoms with Crippen molar-refractivity contribution in [3.05, 3.63) is 32.4 Å². The zero-order valence-electron chi connectivity index (χ0n) is 6.10. The van der Waals surface area contributed by atoms with Crippen molar-refractivity contribution in [2.24, 2.45) is 0 Å². The van der Waals surface area contributed by atoms with Gasteiger partial charge in [0.05, 0.1) is 0 Å². The van der Waals surface area contributed by atoms with Gasteiger partial charge in [-0.15, -0.1) is 0 Å². The highest BCUT2D eigenvalue weighted by Gasteiger charge is 2.23. The monoisotopic (exact) mass is 246 g/mol. The first-order valence-corrected chi connectivity index (χ1v) is 3.85. The molecule has 0 spiro atoms. The molecule has 0 amide bonds. The van der Waals surface area contributed by atoms with Crippen LogP contribution in [0, 0.1) is 10.1 Å². The molecule has 1 heterocycles. The number of nitrogens with zero attached hydrogens (tertiary/aromatic N) is 2. The van der Waals surface area contributed by atoms with E-state index in [-0.39, 0.29) is 4.47 Å². The SMILES string of the molecule is O=C(O)c1c(Br)ccnc1[N+](=O)[O-]. The molecule has 13 heavy (non-hydrogen) atoms. The number of rotatable bonds is 2. The summed E-state index contributed by atoms with van der Waals surface area (Å²) in [5.74, 6) is -2.05. The topological polar surface area (TPSA) is 93.3 Å². The maximum absolute atomic E-state index is 10.6. The van der Waals surface area contributed by atoms with E-state index < -0.39 is 22.3 Å². The molecule has 0 atom stereocenters. The van der Waals surface area contributed by atoms with Gasteiger partial charge in [0, 0.05) is 4.47 Å². The van der Waals surface area contributed by atoms with Crippen LogP contribution >= 0.6 is 15.9 Å². The summed E-state index contributed by atoms with van der Waals surface area (Å²) in [5.41, 5.74) is -0.437. The summed E-state index contributed by atoms with van der Waals surface area (Å²) in [4.78, 5) is 23.4. The smallest absolute Gasteiger partial charge is 0.379 e. The third-order valence-electron chi connectivity index (χ3n) is 1.27. The van der Waals surface area contributed by atoms with Crippen LogP contribution in [0.3, 0.4) is 0 Å². The molecule has 0 radical (unpaired) electrons. The van der Waals surface area contributed by atoms with E-state index in [0.717, 1.165) is 6.20 Å². The molecule has 0 saturated carbocycles. The first-order valence-electron chi connectivity index (χ1n) is 3.06. The molecule has 0 fully saturated rings. The van der Waals surface area contributed by atoms with Gasteiger partial charge in [-0.05, 0) is 31.9 Å². The second kappa shape index (κ2) is 3.48. The van der Waals surface area contributed by atoms with E-state index in [1.165, 1.54) is 6.07 Å². The van der Waals surface area contributed by atoms with Gasteiger partial charge in [0.1, 0.15) is 6.20 Å². The van der Waals surface area contributed by atoms with Crippen molar-refractivity contribution in [3.63, 3.8) is 0 Å². The molecule has 0 saturated heterocycles. The van der Waals surface area contributed by atoms with Crippen LogP contribution in [-0.4, -0.2) is 21.0 Å². The summed E-state index contributed by atoms with van der Waals surface area (Å²) >= 11 is 2.89. The summed E-state index contributed by atoms with van der Waals surface area (Å²) in [6.07, 6.45) is 1.16. The Morgan fingerprint density at radius 3 is 2.69 bits per heavy atom. The highest BCUT2D eigenvalue weighted by molar-refractivity contribution is 9.10. The number of carbonyl (C=O) groups is 1. The minimum atomic E-state index is -1.38. The van der Waals surface area contributed by atoms with E-state index >= 15 is 0 Å². The van der Waals surface area contributed by atoms with Gasteiger partial charge in [-0.1, -0.05) is 0 Å². The normalized spacial score (nSPS) is 9.62. The lowest BCUT2D eigenvalue weighted by Crippen LogP contribution is -2.05. The number of carboxylic acids is 1. The number of aromatic carboxylic acids is 1. The minimum Gasteiger partial charge on any atom is -0.477 e. The molecule has 7 heteroatoms. The maximum atomic E-state index is 10.6. The van der Waals surface area contributed by atoms with Crippen molar-refractivity contribution in [1.82, 2.24) is 4.98 Å². The Labute approximate surface area is 80.5 Å². The van der Waals surface area contributed by atoms with Crippen LogP contribution in [-0.2, 0) is 0 Å². The van der Waals surface area contributed by atoms with Gasteiger partial charge < -0.3 is 15.2 Å². The van der Waals surface area contributed by atoms with Crippen molar-refractivity contribution in [2.75, 3.05) is 0 Å². The Hall–Kier alpha value is -1.50. The van der Waals surface area contributed by atoms with Crippen molar-refractivity contribution >= 4 is 27.7 Å². The molecule has 0 aromatic carbocycles. The number of hydrogen-bond donors (Lipinski definition) is 1. The summed E-state index contributed by atoms with van der Waals surface area (Å²) in [5, 5.41) is 19.0. The number of aromatic nitrogens is 1. The molecule has 0 unspecified atom stereocenters. The summed E-state index contributed by atoms with van der Waals surface area (Å²) in [6.45, 7) is 0. The Kier molecular flexibility index (Phi) is 2.57. The lowest BCUT2D eigenvalue weighted by molar-refractivity contribution is -0.389. The predicted molar refractivity (Wildman–Crippen MR) is 45.6 cm³/mol. The van der Waals surface area contributed by atoms with Gasteiger partial charge in [0.2, 0.25) is 0 Å². The van der Waals surface area contributed by atoms with Crippen molar-refractivity contribution in [2.45, 2.75) is 0 Å². The lowest BCUT2D eigenvalue weighted by atomic mass is 10.2. The van der Waals surface area contributed by atoms with E-state index in [0.29, 0.717) is 0 Å². The van der Waals surface area contributed by atoms with Crippen molar-refractivity contribution in [1.29, 1.82) is 0 Å². The number of hydrogen-bond acceptors (Lipinski definition) is 4. The zero-order valence-corrected chi connectivity index (χ0v) is 7.69. The van der Waals surface area contributed by atoms with Crippen molar-refractivity contribution in [3.8, 4) is 0 Å². The van der Waals surface area contributed by atoms with Crippen LogP contribution in [0.25, 0.3) is 0 Å². The highest BCUT2D eigenvalue weighted by atomic mass is 79.9. The Balaban J connectivity index is 3.43. The van der Waals surface area contributed by atoms with E-state index in [2.05, 4.69) is 20.9 Å². The van der Waals surface area contributed by atoms with E-state index in [4.69, 9.17) is 5.11 Å². The van der Waals surface area contributed by atoms with E-state index in [1.807, 2.05) is 0 Å². The van der Waals surface area contributed by atoms with Crippen LogP contribution in [0.1, 0.15) is 10.4 Å². The second-order valence-electron chi connectivity index (χ2n) is 2.05. The molecule has 68 valence electrons. The second-order valence-corrected chi connectivity index (χ2v) is 2.91. The molecule has 0 aliphatic carbocycles. The molecule has 1 aromatic heterocycles. The van der Waals surface area contributed by atoms with Gasteiger partial charge in [-0.3, -0.25) is 0 Å². The molecular weight excluding hydrogens is 244 g/mol. The van der Waals surface area contributed by atoms with Crippen LogP contribution in [0.15, 0.2) is 16.7 Å². The number of nitro groups is 1. The zero-order chi connectivity index (χ0) is 10.0. The molecule has 0 bridgehead atoms. The lowest BCUT2D eigenvalue weighted by Gasteiger charge is -1.98. The fraction of sp³-hybridized carbons (Fsp3) is 0. The number of halogens is 1. The quantitative estimate of drug-likeness (QED) is 0.630. The maximum Gasteiger partial charge on any atom is 0.379 e. The van der Waals surface area contributed by atoms with E-state index in [1.54, 1.807) is 0 Å². The standard InChI is InChI=1S/C6H3BrN2O4/c7-3-1-2-8-5(9(12)13)4(3)6(10)11/h1-2H,(H,10,11). The third-order valence-corrected chi connectivity index (χ3v) is 1.93. The molecule has 0 aliphatic rings. The number of pyridine rings is 1. The van der Waals surface area contributed by atoms with E-state index in [9.17, 15) is 14.9 Å². The first kappa shape index (κ1) is 9.59. The summed E-state index contributed by atoms with van der Waals surface area (Å²) in [7, 11) is 0. The molecule has 0 aliphatic heterocycles. The largest absolute Gasteiger partial charge is 0.477 e. The first-order chi connectivity index (χ1) is 6.04. The highest BCUT2D eigenvalue weighted by Crippen LogP contribution is 2.23. The average Bonchev–Trinajstić information content (AvgIpc) is 2.02. The Morgan fingerprint density at radius 2 is 2.31 bits per heavy atom.